The molecule has 162 valence electrons. The van der Waals surface area contributed by atoms with E-state index < -0.39 is 0 Å². The van der Waals surface area contributed by atoms with Crippen LogP contribution < -0.4 is 25.0 Å². The Bertz CT molecular complexity index is 1030. The summed E-state index contributed by atoms with van der Waals surface area (Å²) in [6, 6.07) is 12.8. The molecule has 9 nitrogen and oxygen atoms in total. The van der Waals surface area contributed by atoms with Crippen LogP contribution in [0.2, 0.25) is 5.02 Å². The lowest BCUT2D eigenvalue weighted by molar-refractivity contribution is 0.122. The molecular weight excluding hydrogens is 420 g/mol. The van der Waals surface area contributed by atoms with Gasteiger partial charge in [0.1, 0.15) is 11.5 Å². The second-order valence-electron chi connectivity index (χ2n) is 6.71. The molecule has 0 atom stereocenters. The fraction of sp³-hybridized carbons (Fsp3) is 0.286. The molecule has 0 aliphatic carbocycles. The number of aromatic nitrogens is 3. The molecule has 1 fully saturated rings. The largest absolute Gasteiger partial charge is 0.497 e. The van der Waals surface area contributed by atoms with Gasteiger partial charge in [-0.05, 0) is 42.5 Å². The molecule has 0 unspecified atom stereocenters. The van der Waals surface area contributed by atoms with Crippen molar-refractivity contribution in [3.8, 4) is 11.5 Å². The number of methoxy groups -OCH3 is 2. The molecule has 4 rings (SSSR count). The minimum absolute atomic E-state index is 0.369. The van der Waals surface area contributed by atoms with Crippen molar-refractivity contribution >= 4 is 40.8 Å². The van der Waals surface area contributed by atoms with Gasteiger partial charge in [-0.25, -0.2) is 0 Å². The molecule has 10 heteroatoms. The van der Waals surface area contributed by atoms with Crippen LogP contribution in [-0.4, -0.2) is 55.5 Å². The van der Waals surface area contributed by atoms with Gasteiger partial charge in [0.05, 0.1) is 33.1 Å². The maximum Gasteiger partial charge on any atom is 0.233 e. The quantitative estimate of drug-likeness (QED) is 0.565. The molecule has 0 bridgehead atoms. The highest BCUT2D eigenvalue weighted by molar-refractivity contribution is 6.31. The minimum atomic E-state index is 0.369. The Morgan fingerprint density at radius 3 is 2.29 bits per heavy atom. The molecule has 0 saturated carbocycles. The van der Waals surface area contributed by atoms with E-state index in [-0.39, 0.29) is 0 Å². The first-order chi connectivity index (χ1) is 15.1. The molecule has 2 N–H and O–H groups in total. The first-order valence-corrected chi connectivity index (χ1v) is 10.1. The summed E-state index contributed by atoms with van der Waals surface area (Å²) in [6.07, 6.45) is 0. The van der Waals surface area contributed by atoms with Crippen molar-refractivity contribution in [1.82, 2.24) is 15.0 Å². The van der Waals surface area contributed by atoms with Gasteiger partial charge in [0.2, 0.25) is 17.8 Å². The van der Waals surface area contributed by atoms with E-state index in [9.17, 15) is 0 Å². The van der Waals surface area contributed by atoms with E-state index in [1.54, 1.807) is 32.4 Å². The van der Waals surface area contributed by atoms with Crippen molar-refractivity contribution in [2.75, 3.05) is 56.1 Å². The summed E-state index contributed by atoms with van der Waals surface area (Å²) in [6.45, 7) is 2.65. The molecule has 1 saturated heterocycles. The Balaban J connectivity index is 1.66. The molecule has 2 heterocycles. The highest BCUT2D eigenvalue weighted by Crippen LogP contribution is 2.30. The number of hydrogen-bond acceptors (Lipinski definition) is 9. The van der Waals surface area contributed by atoms with Gasteiger partial charge in [0.25, 0.3) is 0 Å². The molecule has 0 spiro atoms. The van der Waals surface area contributed by atoms with E-state index in [0.717, 1.165) is 11.4 Å². The topological polar surface area (TPSA) is 93.7 Å². The predicted octanol–water partition coefficient (Wildman–Crippen LogP) is 3.87. The lowest BCUT2D eigenvalue weighted by Crippen LogP contribution is -2.37. The van der Waals surface area contributed by atoms with E-state index in [1.165, 1.54) is 0 Å². The summed E-state index contributed by atoms with van der Waals surface area (Å²) < 4.78 is 16.1. The van der Waals surface area contributed by atoms with Gasteiger partial charge < -0.3 is 29.7 Å². The molecule has 3 aromatic rings. The van der Waals surface area contributed by atoms with Gasteiger partial charge >= 0.3 is 0 Å². The Morgan fingerprint density at radius 2 is 1.61 bits per heavy atom. The van der Waals surface area contributed by atoms with Gasteiger partial charge in [-0.2, -0.15) is 15.0 Å². The molecule has 1 aliphatic heterocycles. The zero-order valence-electron chi connectivity index (χ0n) is 17.3. The predicted molar refractivity (Wildman–Crippen MR) is 120 cm³/mol. The third-order valence-electron chi connectivity index (χ3n) is 4.67. The normalized spacial score (nSPS) is 13.6. The third-order valence-corrected chi connectivity index (χ3v) is 4.91. The lowest BCUT2D eigenvalue weighted by atomic mass is 10.3. The summed E-state index contributed by atoms with van der Waals surface area (Å²) in [5.74, 6) is 2.73. The smallest absolute Gasteiger partial charge is 0.233 e. The SMILES string of the molecule is COc1ccc(Nc2nc(Nc3cc(Cl)ccc3OC)nc(N3CCOCC3)n2)cc1. The van der Waals surface area contributed by atoms with E-state index in [4.69, 9.17) is 25.8 Å². The second kappa shape index (κ2) is 9.67. The zero-order chi connectivity index (χ0) is 21.6. The Kier molecular flexibility index (Phi) is 6.54. The summed E-state index contributed by atoms with van der Waals surface area (Å²) in [7, 11) is 3.22. The van der Waals surface area contributed by atoms with Crippen LogP contribution in [0.5, 0.6) is 11.5 Å². The highest BCUT2D eigenvalue weighted by atomic mass is 35.5. The molecule has 1 aromatic heterocycles. The van der Waals surface area contributed by atoms with Crippen LogP contribution >= 0.6 is 11.6 Å². The van der Waals surface area contributed by atoms with Crippen LogP contribution in [0.3, 0.4) is 0 Å². The van der Waals surface area contributed by atoms with Crippen LogP contribution in [0.1, 0.15) is 0 Å². The molecule has 0 radical (unpaired) electrons. The number of halogens is 1. The number of ether oxygens (including phenoxy) is 3. The van der Waals surface area contributed by atoms with Gasteiger partial charge in [-0.3, -0.25) is 0 Å². The van der Waals surface area contributed by atoms with Crippen LogP contribution in [0, 0.1) is 0 Å². The zero-order valence-corrected chi connectivity index (χ0v) is 18.0. The van der Waals surface area contributed by atoms with E-state index in [2.05, 4.69) is 30.5 Å². The summed E-state index contributed by atoms with van der Waals surface area (Å²) in [5, 5.41) is 7.00. The fourth-order valence-electron chi connectivity index (χ4n) is 3.08. The average Bonchev–Trinajstić information content (AvgIpc) is 2.80. The number of anilines is 5. The molecule has 0 amide bonds. The number of rotatable bonds is 7. The van der Waals surface area contributed by atoms with Gasteiger partial charge in [-0.15, -0.1) is 0 Å². The first kappa shape index (κ1) is 21.0. The number of nitrogens with one attached hydrogen (secondary N) is 2. The Hall–Kier alpha value is -3.30. The lowest BCUT2D eigenvalue weighted by Gasteiger charge is -2.27. The average molecular weight is 443 g/mol. The highest BCUT2D eigenvalue weighted by Gasteiger charge is 2.17. The molecular formula is C21H23ClN6O3. The van der Waals surface area contributed by atoms with E-state index in [1.807, 2.05) is 24.3 Å². The molecule has 31 heavy (non-hydrogen) atoms. The number of morpholine rings is 1. The van der Waals surface area contributed by atoms with Crippen LogP contribution in [0.25, 0.3) is 0 Å². The number of hydrogen-bond donors (Lipinski definition) is 2. The maximum absolute atomic E-state index is 6.16. The third kappa shape index (κ3) is 5.25. The van der Waals surface area contributed by atoms with Crippen molar-refractivity contribution < 1.29 is 14.2 Å². The molecule has 1 aliphatic rings. The summed E-state index contributed by atoms with van der Waals surface area (Å²) >= 11 is 6.16. The van der Waals surface area contributed by atoms with Crippen LogP contribution in [-0.2, 0) is 4.74 Å². The van der Waals surface area contributed by atoms with E-state index in [0.29, 0.717) is 60.6 Å². The van der Waals surface area contributed by atoms with Crippen molar-refractivity contribution in [3.05, 3.63) is 47.5 Å². The number of benzene rings is 2. The van der Waals surface area contributed by atoms with Gasteiger partial charge in [0.15, 0.2) is 0 Å². The van der Waals surface area contributed by atoms with Crippen LogP contribution in [0.15, 0.2) is 42.5 Å². The van der Waals surface area contributed by atoms with Crippen LogP contribution in [0.4, 0.5) is 29.2 Å². The van der Waals surface area contributed by atoms with Crippen molar-refractivity contribution in [1.29, 1.82) is 0 Å². The molecule has 2 aromatic carbocycles. The summed E-state index contributed by atoms with van der Waals surface area (Å²) in [5.41, 5.74) is 1.48. The Labute approximate surface area is 185 Å². The van der Waals surface area contributed by atoms with Crippen molar-refractivity contribution in [3.63, 3.8) is 0 Å². The van der Waals surface area contributed by atoms with Crippen molar-refractivity contribution in [2.24, 2.45) is 0 Å². The second-order valence-corrected chi connectivity index (χ2v) is 7.14. The van der Waals surface area contributed by atoms with Crippen molar-refractivity contribution in [2.45, 2.75) is 0 Å². The number of nitrogens with zero attached hydrogens (tertiary/aromatic N) is 4. The van der Waals surface area contributed by atoms with Gasteiger partial charge in [0, 0.05) is 23.8 Å². The maximum atomic E-state index is 6.16. The fourth-order valence-corrected chi connectivity index (χ4v) is 3.26. The first-order valence-electron chi connectivity index (χ1n) is 9.75. The Morgan fingerprint density at radius 1 is 0.903 bits per heavy atom. The minimum Gasteiger partial charge on any atom is -0.497 e. The standard InChI is InChI=1S/C21H23ClN6O3/c1-29-16-6-4-15(5-7-16)23-19-25-20(24-17-13-14(22)3-8-18(17)30-2)27-21(26-19)28-9-11-31-12-10-28/h3-8,13H,9-12H2,1-2H3,(H2,23,24,25,26,27). The van der Waals surface area contributed by atoms with E-state index >= 15 is 0 Å². The monoisotopic (exact) mass is 442 g/mol. The summed E-state index contributed by atoms with van der Waals surface area (Å²) in [4.78, 5) is 15.8. The van der Waals surface area contributed by atoms with Gasteiger partial charge in [-0.1, -0.05) is 11.6 Å².